The van der Waals surface area contributed by atoms with E-state index in [1.165, 1.54) is 16.1 Å². The van der Waals surface area contributed by atoms with Gasteiger partial charge in [-0.25, -0.2) is 0 Å². The fourth-order valence-corrected chi connectivity index (χ4v) is 2.25. The molecule has 1 unspecified atom stereocenters. The van der Waals surface area contributed by atoms with E-state index in [1.54, 1.807) is 0 Å². The molecule has 2 rings (SSSR count). The molecule has 0 fully saturated rings. The van der Waals surface area contributed by atoms with Gasteiger partial charge in [-0.15, -0.1) is 12.6 Å². The second-order valence-corrected chi connectivity index (χ2v) is 4.88. The number of nitrogens with zero attached hydrogens (tertiary/aromatic N) is 2. The molecule has 0 bridgehead atoms. The molecular weight excluding hydrogens is 216 g/mol. The van der Waals surface area contributed by atoms with Crippen LogP contribution in [-0.4, -0.2) is 9.78 Å². The summed E-state index contributed by atoms with van der Waals surface area (Å²) in [7, 11) is 0. The molecule has 0 N–H and O–H groups in total. The topological polar surface area (TPSA) is 17.8 Å². The second kappa shape index (κ2) is 4.50. The van der Waals surface area contributed by atoms with Crippen LogP contribution in [0.25, 0.3) is 5.57 Å². The fourth-order valence-electron chi connectivity index (χ4n) is 2.10. The summed E-state index contributed by atoms with van der Waals surface area (Å²) in [5, 5.41) is 4.55. The highest BCUT2D eigenvalue weighted by atomic mass is 32.1. The number of hydrogen-bond donors (Lipinski definition) is 1. The first kappa shape index (κ1) is 11.5. The van der Waals surface area contributed by atoms with Gasteiger partial charge in [0.25, 0.3) is 0 Å². The monoisotopic (exact) mass is 234 g/mol. The van der Waals surface area contributed by atoms with Crippen LogP contribution in [0, 0.1) is 5.92 Å². The maximum Gasteiger partial charge on any atom is 0.0883 e. The third kappa shape index (κ3) is 2.09. The molecule has 86 valence electrons. The Bertz CT molecular complexity index is 454. The SMILES string of the molecule is CCn1ccc(C2=CC(C)=C(S)C(C)C2)n1. The van der Waals surface area contributed by atoms with E-state index < -0.39 is 0 Å². The van der Waals surface area contributed by atoms with Crippen molar-refractivity contribution in [3.8, 4) is 0 Å². The van der Waals surface area contributed by atoms with Gasteiger partial charge in [0, 0.05) is 12.7 Å². The summed E-state index contributed by atoms with van der Waals surface area (Å²) in [5.74, 6) is 0.509. The summed E-state index contributed by atoms with van der Waals surface area (Å²) in [6.07, 6.45) is 5.29. The van der Waals surface area contributed by atoms with Crippen LogP contribution < -0.4 is 0 Å². The predicted molar refractivity (Wildman–Crippen MR) is 71.3 cm³/mol. The van der Waals surface area contributed by atoms with Gasteiger partial charge in [-0.1, -0.05) is 13.0 Å². The van der Waals surface area contributed by atoms with Gasteiger partial charge in [0.05, 0.1) is 5.69 Å². The highest BCUT2D eigenvalue weighted by Crippen LogP contribution is 2.35. The van der Waals surface area contributed by atoms with Crippen LogP contribution in [0.15, 0.2) is 28.8 Å². The lowest BCUT2D eigenvalue weighted by Gasteiger charge is -2.20. The van der Waals surface area contributed by atoms with Gasteiger partial charge in [-0.3, -0.25) is 4.68 Å². The molecular formula is C13H18N2S. The normalized spacial score (nSPS) is 21.2. The number of rotatable bonds is 2. The van der Waals surface area contributed by atoms with Gasteiger partial charge in [-0.2, -0.15) is 5.10 Å². The Balaban J connectivity index is 2.32. The van der Waals surface area contributed by atoms with Crippen molar-refractivity contribution in [1.29, 1.82) is 0 Å². The van der Waals surface area contributed by atoms with Crippen LogP contribution in [0.4, 0.5) is 0 Å². The minimum atomic E-state index is 0.509. The average Bonchev–Trinajstić information content (AvgIpc) is 2.73. The number of hydrogen-bond acceptors (Lipinski definition) is 2. The van der Waals surface area contributed by atoms with E-state index in [2.05, 4.69) is 50.6 Å². The number of thiol groups is 1. The van der Waals surface area contributed by atoms with Crippen molar-refractivity contribution in [3.63, 3.8) is 0 Å². The minimum Gasteiger partial charge on any atom is -0.272 e. The first-order valence-corrected chi connectivity index (χ1v) is 6.20. The van der Waals surface area contributed by atoms with Crippen LogP contribution >= 0.6 is 12.6 Å². The summed E-state index contributed by atoms with van der Waals surface area (Å²) in [4.78, 5) is 1.21. The zero-order chi connectivity index (χ0) is 11.7. The minimum absolute atomic E-state index is 0.509. The summed E-state index contributed by atoms with van der Waals surface area (Å²) in [5.41, 5.74) is 3.70. The molecule has 1 aromatic heterocycles. The van der Waals surface area contributed by atoms with Crippen LogP contribution in [-0.2, 0) is 6.54 Å². The van der Waals surface area contributed by atoms with E-state index in [9.17, 15) is 0 Å². The fraction of sp³-hybridized carbons (Fsp3) is 0.462. The molecule has 0 saturated heterocycles. The lowest BCUT2D eigenvalue weighted by atomic mass is 9.90. The van der Waals surface area contributed by atoms with Crippen molar-refractivity contribution in [3.05, 3.63) is 34.5 Å². The van der Waals surface area contributed by atoms with E-state index in [0.29, 0.717) is 5.92 Å². The Morgan fingerprint density at radius 2 is 2.31 bits per heavy atom. The summed E-state index contributed by atoms with van der Waals surface area (Å²) in [6.45, 7) is 7.37. The second-order valence-electron chi connectivity index (χ2n) is 4.40. The average molecular weight is 234 g/mol. The molecule has 1 aromatic rings. The molecule has 2 nitrogen and oxygen atoms in total. The maximum atomic E-state index is 4.55. The Kier molecular flexibility index (Phi) is 3.24. The number of allylic oxidation sites excluding steroid dienone is 4. The summed E-state index contributed by atoms with van der Waals surface area (Å²) >= 11 is 4.54. The van der Waals surface area contributed by atoms with Crippen molar-refractivity contribution in [2.45, 2.75) is 33.7 Å². The molecule has 0 aromatic carbocycles. The summed E-state index contributed by atoms with van der Waals surface area (Å²) < 4.78 is 1.97. The smallest absolute Gasteiger partial charge is 0.0883 e. The van der Waals surface area contributed by atoms with E-state index in [0.717, 1.165) is 18.7 Å². The third-order valence-corrected chi connectivity index (χ3v) is 3.87. The van der Waals surface area contributed by atoms with Crippen molar-refractivity contribution in [2.75, 3.05) is 0 Å². The van der Waals surface area contributed by atoms with Crippen LogP contribution in [0.5, 0.6) is 0 Å². The van der Waals surface area contributed by atoms with E-state index >= 15 is 0 Å². The van der Waals surface area contributed by atoms with Crippen LogP contribution in [0.3, 0.4) is 0 Å². The largest absolute Gasteiger partial charge is 0.272 e. The molecule has 3 heteroatoms. The van der Waals surface area contributed by atoms with Gasteiger partial charge in [0.2, 0.25) is 0 Å². The van der Waals surface area contributed by atoms with Crippen molar-refractivity contribution >= 4 is 18.2 Å². The lowest BCUT2D eigenvalue weighted by Crippen LogP contribution is -2.05. The Labute approximate surface area is 102 Å². The predicted octanol–water partition coefficient (Wildman–Crippen LogP) is 3.53. The first-order valence-electron chi connectivity index (χ1n) is 5.76. The van der Waals surface area contributed by atoms with E-state index in [4.69, 9.17) is 0 Å². The standard InChI is InChI=1S/C13H18N2S/c1-4-15-6-5-12(14-15)11-7-9(2)13(16)10(3)8-11/h5-7,10,16H,4,8H2,1-3H3. The van der Waals surface area contributed by atoms with Gasteiger partial charge in [-0.05, 0) is 48.3 Å². The number of aryl methyl sites for hydroxylation is 1. The Hall–Kier alpha value is -0.960. The zero-order valence-electron chi connectivity index (χ0n) is 10.1. The number of aromatic nitrogens is 2. The van der Waals surface area contributed by atoms with Gasteiger partial charge in [0.15, 0.2) is 0 Å². The molecule has 1 heterocycles. The lowest BCUT2D eigenvalue weighted by molar-refractivity contribution is 0.653. The molecule has 0 radical (unpaired) electrons. The Morgan fingerprint density at radius 1 is 1.56 bits per heavy atom. The van der Waals surface area contributed by atoms with Gasteiger partial charge in [0.1, 0.15) is 0 Å². The van der Waals surface area contributed by atoms with Crippen LogP contribution in [0.2, 0.25) is 0 Å². The van der Waals surface area contributed by atoms with Crippen molar-refractivity contribution < 1.29 is 0 Å². The Morgan fingerprint density at radius 3 is 2.88 bits per heavy atom. The molecule has 1 aliphatic carbocycles. The van der Waals surface area contributed by atoms with E-state index in [-0.39, 0.29) is 0 Å². The third-order valence-electron chi connectivity index (χ3n) is 3.08. The van der Waals surface area contributed by atoms with E-state index in [1.807, 2.05) is 10.9 Å². The van der Waals surface area contributed by atoms with Crippen LogP contribution in [0.1, 0.15) is 32.9 Å². The molecule has 0 aliphatic heterocycles. The molecule has 1 aliphatic rings. The van der Waals surface area contributed by atoms with Crippen molar-refractivity contribution in [1.82, 2.24) is 9.78 Å². The highest BCUT2D eigenvalue weighted by Gasteiger charge is 2.18. The zero-order valence-corrected chi connectivity index (χ0v) is 11.0. The van der Waals surface area contributed by atoms with Crippen molar-refractivity contribution in [2.24, 2.45) is 5.92 Å². The first-order chi connectivity index (χ1) is 7.61. The molecule has 16 heavy (non-hydrogen) atoms. The van der Waals surface area contributed by atoms with Gasteiger partial charge >= 0.3 is 0 Å². The van der Waals surface area contributed by atoms with Gasteiger partial charge < -0.3 is 0 Å². The highest BCUT2D eigenvalue weighted by molar-refractivity contribution is 7.84. The molecule has 0 amide bonds. The maximum absolute atomic E-state index is 4.55. The molecule has 0 saturated carbocycles. The quantitative estimate of drug-likeness (QED) is 0.775. The molecule has 1 atom stereocenters. The summed E-state index contributed by atoms with van der Waals surface area (Å²) in [6, 6.07) is 2.10. The molecule has 0 spiro atoms.